The second-order valence-corrected chi connectivity index (χ2v) is 3.18. The fourth-order valence-corrected chi connectivity index (χ4v) is 0.745. The predicted molar refractivity (Wildman–Crippen MR) is 44.5 cm³/mol. The highest BCUT2D eigenvalue weighted by Gasteiger charge is 2.08. The summed E-state index contributed by atoms with van der Waals surface area (Å²) in [5.41, 5.74) is 0. The Bertz CT molecular complexity index is 256. The van der Waals surface area contributed by atoms with E-state index < -0.39 is 10.4 Å². The van der Waals surface area contributed by atoms with Gasteiger partial charge in [-0.1, -0.05) is 0 Å². The molecule has 1 saturated heterocycles. The molecule has 1 aliphatic rings. The highest BCUT2D eigenvalue weighted by atomic mass is 32.3. The van der Waals surface area contributed by atoms with Gasteiger partial charge in [0.15, 0.2) is 0 Å². The Balaban J connectivity index is 0.000000252. The van der Waals surface area contributed by atoms with Gasteiger partial charge in [-0.25, -0.2) is 0 Å². The highest BCUT2D eigenvalue weighted by Crippen LogP contribution is 1.81. The Morgan fingerprint density at radius 3 is 2.15 bits per heavy atom. The summed E-state index contributed by atoms with van der Waals surface area (Å²) in [6.45, 7) is 2.69. The van der Waals surface area contributed by atoms with Crippen molar-refractivity contribution in [1.82, 2.24) is 10.6 Å². The Labute approximate surface area is 76.3 Å². The highest BCUT2D eigenvalue weighted by molar-refractivity contribution is 7.79. The first-order valence-electron chi connectivity index (χ1n) is 3.47. The van der Waals surface area contributed by atoms with E-state index in [0.29, 0.717) is 0 Å². The summed E-state index contributed by atoms with van der Waals surface area (Å²) >= 11 is 0. The van der Waals surface area contributed by atoms with Crippen molar-refractivity contribution in [1.29, 1.82) is 5.26 Å². The summed E-state index contributed by atoms with van der Waals surface area (Å²) in [6.07, 6.45) is 0. The number of hydrogen-bond acceptors (Lipinski definition) is 5. The molecule has 8 heteroatoms. The molecule has 0 bridgehead atoms. The van der Waals surface area contributed by atoms with Crippen molar-refractivity contribution < 1.29 is 17.5 Å². The van der Waals surface area contributed by atoms with Crippen molar-refractivity contribution in [2.75, 3.05) is 19.6 Å². The maximum Gasteiger partial charge on any atom is 0.394 e. The zero-order chi connectivity index (χ0) is 10.3. The number of piperazine rings is 1. The van der Waals surface area contributed by atoms with Gasteiger partial charge < -0.3 is 5.32 Å². The molecule has 7 nitrogen and oxygen atoms in total. The first kappa shape index (κ1) is 12.3. The normalized spacial score (nSPS) is 22.4. The van der Waals surface area contributed by atoms with Crippen LogP contribution in [0.15, 0.2) is 0 Å². The lowest BCUT2D eigenvalue weighted by molar-refractivity contribution is 0.381. The molecule has 0 amide bonds. The van der Waals surface area contributed by atoms with Crippen LogP contribution in [-0.4, -0.2) is 43.2 Å². The van der Waals surface area contributed by atoms with E-state index in [1.54, 1.807) is 0 Å². The van der Waals surface area contributed by atoms with Crippen LogP contribution in [0.1, 0.15) is 0 Å². The summed E-state index contributed by atoms with van der Waals surface area (Å²) in [6, 6.07) is 2.16. The van der Waals surface area contributed by atoms with E-state index in [1.165, 1.54) is 0 Å². The topological polar surface area (TPSA) is 122 Å². The van der Waals surface area contributed by atoms with Crippen LogP contribution in [0.25, 0.3) is 0 Å². The second-order valence-electron chi connectivity index (χ2n) is 2.29. The number of hydrogen-bond donors (Lipinski definition) is 4. The van der Waals surface area contributed by atoms with Crippen LogP contribution in [0.2, 0.25) is 0 Å². The molecule has 1 heterocycles. The fraction of sp³-hybridized carbons (Fsp3) is 0.800. The first-order valence-corrected chi connectivity index (χ1v) is 4.87. The number of nitriles is 1. The lowest BCUT2D eigenvalue weighted by Crippen LogP contribution is -2.47. The molecule has 0 aliphatic carbocycles. The molecule has 1 atom stereocenters. The molecule has 13 heavy (non-hydrogen) atoms. The average Bonchev–Trinajstić information content (AvgIpc) is 2.03. The van der Waals surface area contributed by atoms with Crippen molar-refractivity contribution in [3.8, 4) is 6.07 Å². The van der Waals surface area contributed by atoms with Crippen LogP contribution >= 0.6 is 0 Å². The standard InChI is InChI=1S/C5H9N3.H2O4S/c6-3-5-4-7-1-2-8-5;1-5(2,3)4/h5,7-8H,1-2,4H2;(H2,1,2,3,4). The first-order chi connectivity index (χ1) is 5.93. The molecule has 1 fully saturated rings. The monoisotopic (exact) mass is 209 g/mol. The van der Waals surface area contributed by atoms with Crippen LogP contribution in [0.3, 0.4) is 0 Å². The van der Waals surface area contributed by atoms with Gasteiger partial charge in [0, 0.05) is 19.6 Å². The van der Waals surface area contributed by atoms with Crippen LogP contribution in [-0.2, 0) is 10.4 Å². The van der Waals surface area contributed by atoms with Crippen LogP contribution in [0.4, 0.5) is 0 Å². The third-order valence-electron chi connectivity index (χ3n) is 1.20. The molecular weight excluding hydrogens is 198 g/mol. The smallest absolute Gasteiger partial charge is 0.313 e. The Hall–Kier alpha value is -0.720. The van der Waals surface area contributed by atoms with E-state index >= 15 is 0 Å². The number of rotatable bonds is 0. The molecule has 0 aromatic rings. The summed E-state index contributed by atoms with van der Waals surface area (Å²) < 4.78 is 31.6. The quantitative estimate of drug-likeness (QED) is 0.355. The third-order valence-corrected chi connectivity index (χ3v) is 1.20. The van der Waals surface area contributed by atoms with Gasteiger partial charge in [0.25, 0.3) is 0 Å². The zero-order valence-corrected chi connectivity index (χ0v) is 7.58. The van der Waals surface area contributed by atoms with Crippen molar-refractivity contribution in [3.05, 3.63) is 0 Å². The Morgan fingerprint density at radius 1 is 1.38 bits per heavy atom. The van der Waals surface area contributed by atoms with E-state index in [9.17, 15) is 0 Å². The SMILES string of the molecule is N#CC1CNCCN1.O=S(=O)(O)O. The largest absolute Gasteiger partial charge is 0.394 e. The van der Waals surface area contributed by atoms with Crippen molar-refractivity contribution in [2.45, 2.75) is 6.04 Å². The lowest BCUT2D eigenvalue weighted by Gasteiger charge is -2.17. The molecule has 76 valence electrons. The maximum atomic E-state index is 8.74. The third kappa shape index (κ3) is 11.3. The summed E-state index contributed by atoms with van der Waals surface area (Å²) in [7, 11) is -4.67. The van der Waals surface area contributed by atoms with E-state index in [-0.39, 0.29) is 6.04 Å². The van der Waals surface area contributed by atoms with Gasteiger partial charge in [0.2, 0.25) is 0 Å². The van der Waals surface area contributed by atoms with E-state index in [1.807, 2.05) is 0 Å². The minimum Gasteiger partial charge on any atom is -0.313 e. The van der Waals surface area contributed by atoms with Gasteiger partial charge in [-0.05, 0) is 0 Å². The predicted octanol–water partition coefficient (Wildman–Crippen LogP) is -1.58. The van der Waals surface area contributed by atoms with Gasteiger partial charge in [-0.2, -0.15) is 13.7 Å². The van der Waals surface area contributed by atoms with E-state index in [0.717, 1.165) is 19.6 Å². The van der Waals surface area contributed by atoms with Gasteiger partial charge in [-0.15, -0.1) is 0 Å². The molecule has 0 aromatic carbocycles. The molecule has 4 N–H and O–H groups in total. The summed E-state index contributed by atoms with van der Waals surface area (Å²) in [4.78, 5) is 0. The Kier molecular flexibility index (Phi) is 5.52. The molecule has 1 rings (SSSR count). The Morgan fingerprint density at radius 2 is 1.92 bits per heavy atom. The van der Waals surface area contributed by atoms with Gasteiger partial charge >= 0.3 is 10.4 Å². The molecule has 0 aromatic heterocycles. The minimum atomic E-state index is -4.67. The molecular formula is C5H11N3O4S. The number of nitrogens with one attached hydrogen (secondary N) is 2. The fourth-order valence-electron chi connectivity index (χ4n) is 0.745. The molecule has 0 radical (unpaired) electrons. The lowest BCUT2D eigenvalue weighted by atomic mass is 10.3. The molecule has 0 spiro atoms. The zero-order valence-electron chi connectivity index (χ0n) is 6.77. The van der Waals surface area contributed by atoms with Crippen LogP contribution < -0.4 is 10.6 Å². The van der Waals surface area contributed by atoms with Gasteiger partial charge in [0.1, 0.15) is 6.04 Å². The van der Waals surface area contributed by atoms with Crippen molar-refractivity contribution in [3.63, 3.8) is 0 Å². The molecule has 1 aliphatic heterocycles. The summed E-state index contributed by atoms with van der Waals surface area (Å²) in [5.74, 6) is 0. The molecule has 0 saturated carbocycles. The summed E-state index contributed by atoms with van der Waals surface area (Å²) in [5, 5.41) is 14.5. The van der Waals surface area contributed by atoms with Crippen molar-refractivity contribution in [2.24, 2.45) is 0 Å². The average molecular weight is 209 g/mol. The second kappa shape index (κ2) is 5.85. The van der Waals surface area contributed by atoms with E-state index in [2.05, 4.69) is 16.7 Å². The minimum absolute atomic E-state index is 0.0312. The van der Waals surface area contributed by atoms with Crippen LogP contribution in [0, 0.1) is 11.3 Å². The van der Waals surface area contributed by atoms with Crippen molar-refractivity contribution >= 4 is 10.4 Å². The van der Waals surface area contributed by atoms with Gasteiger partial charge in [0.05, 0.1) is 6.07 Å². The number of nitrogens with zero attached hydrogens (tertiary/aromatic N) is 1. The molecule has 1 unspecified atom stereocenters. The van der Waals surface area contributed by atoms with Crippen LogP contribution in [0.5, 0.6) is 0 Å². The van der Waals surface area contributed by atoms with E-state index in [4.69, 9.17) is 22.8 Å². The van der Waals surface area contributed by atoms with Gasteiger partial charge in [-0.3, -0.25) is 14.4 Å². The maximum absolute atomic E-state index is 8.74.